The zero-order valence-electron chi connectivity index (χ0n) is 22.6. The number of halogens is 2. The molecule has 3 N–H and O–H groups in total. The number of amides is 1. The molecule has 10 nitrogen and oxygen atoms in total. The number of carboxylic acids is 1. The molecule has 4 rings (SSSR count). The number of Topliss-reactive ketones (excluding diaryl/α,β-unsaturated/α-hetero) is 1. The fraction of sp³-hybridized carbons (Fsp3) is 0.286. The Labute approximate surface area is 253 Å². The van der Waals surface area contributed by atoms with Gasteiger partial charge in [-0.05, 0) is 43.7 Å². The minimum absolute atomic E-state index is 0.0172. The highest BCUT2D eigenvalue weighted by atomic mass is 35.5. The van der Waals surface area contributed by atoms with Gasteiger partial charge in [0, 0.05) is 34.4 Å². The van der Waals surface area contributed by atoms with Gasteiger partial charge < -0.3 is 15.7 Å². The second kappa shape index (κ2) is 13.9. The van der Waals surface area contributed by atoms with E-state index in [0.29, 0.717) is 5.69 Å². The van der Waals surface area contributed by atoms with Gasteiger partial charge in [0.15, 0.2) is 11.6 Å². The molecular weight excluding hydrogens is 605 g/mol. The van der Waals surface area contributed by atoms with Crippen molar-refractivity contribution in [2.75, 3.05) is 11.1 Å². The maximum Gasteiger partial charge on any atom is 0.305 e. The number of rotatable bonds is 13. The maximum absolute atomic E-state index is 14.1. The normalized spacial score (nSPS) is 12.6. The summed E-state index contributed by atoms with van der Waals surface area (Å²) in [6.45, 7) is 3.59. The monoisotopic (exact) mass is 631 g/mol. The average Bonchev–Trinajstić information content (AvgIpc) is 3.31. The highest BCUT2D eigenvalue weighted by molar-refractivity contribution is 7.99. The predicted octanol–water partition coefficient (Wildman–Crippen LogP) is 5.11. The van der Waals surface area contributed by atoms with E-state index < -0.39 is 47.5 Å². The number of ketones is 1. The first-order chi connectivity index (χ1) is 20.1. The SMILES string of the molecule is CCC(C(=O)N[C@@H](CC(=O)O)C(=O)CSCc1c(F)cccc1Cl)n1ccnc(Nc2ccc3sc(C)nc3c2)c1=O. The van der Waals surface area contributed by atoms with Crippen LogP contribution in [0.2, 0.25) is 5.02 Å². The second-order valence-corrected chi connectivity index (χ2v) is 11.9. The summed E-state index contributed by atoms with van der Waals surface area (Å²) in [5, 5.41) is 16.0. The van der Waals surface area contributed by atoms with Crippen LogP contribution in [0.25, 0.3) is 10.2 Å². The van der Waals surface area contributed by atoms with Crippen molar-refractivity contribution >= 4 is 74.1 Å². The van der Waals surface area contributed by atoms with Gasteiger partial charge in [-0.3, -0.25) is 23.7 Å². The number of carbonyl (C=O) groups is 3. The molecule has 0 aliphatic carbocycles. The number of benzene rings is 2. The van der Waals surface area contributed by atoms with E-state index in [-0.39, 0.29) is 34.3 Å². The molecule has 220 valence electrons. The molecule has 0 spiro atoms. The number of carbonyl (C=O) groups excluding carboxylic acids is 2. The lowest BCUT2D eigenvalue weighted by Gasteiger charge is -2.22. The first-order valence-electron chi connectivity index (χ1n) is 12.8. The maximum atomic E-state index is 14.1. The molecule has 2 heterocycles. The first kappa shape index (κ1) is 31.1. The molecule has 2 aromatic heterocycles. The zero-order chi connectivity index (χ0) is 30.4. The van der Waals surface area contributed by atoms with Gasteiger partial charge in [0.1, 0.15) is 11.9 Å². The van der Waals surface area contributed by atoms with E-state index in [1.165, 1.54) is 35.2 Å². The number of hydrogen-bond acceptors (Lipinski definition) is 9. The Balaban J connectivity index is 1.47. The summed E-state index contributed by atoms with van der Waals surface area (Å²) >= 11 is 8.63. The standard InChI is InChI=1S/C28H27ClFN5O5S2/c1-3-22(35-10-9-31-26(28(35)40)33-16-7-8-24-21(11-16)32-15(2)42-24)27(39)34-20(12-25(37)38)23(36)14-41-13-17-18(29)5-4-6-19(17)30/h4-11,20,22H,3,12-14H2,1-2H3,(H,31,33)(H,34,39)(H,37,38)/t20-,22?/m0/s1. The number of aryl methyl sites for hydroxylation is 1. The number of thioether (sulfide) groups is 1. The third kappa shape index (κ3) is 7.52. The van der Waals surface area contributed by atoms with Gasteiger partial charge in [0.25, 0.3) is 5.56 Å². The van der Waals surface area contributed by atoms with Crippen molar-refractivity contribution in [3.63, 3.8) is 0 Å². The molecule has 0 saturated heterocycles. The highest BCUT2D eigenvalue weighted by Gasteiger charge is 2.28. The van der Waals surface area contributed by atoms with Crippen LogP contribution in [0.1, 0.15) is 36.4 Å². The second-order valence-electron chi connectivity index (χ2n) is 9.27. The van der Waals surface area contributed by atoms with E-state index in [1.54, 1.807) is 30.4 Å². The fourth-order valence-corrected chi connectivity index (χ4v) is 6.35. The third-order valence-electron chi connectivity index (χ3n) is 6.29. The van der Waals surface area contributed by atoms with Crippen LogP contribution in [-0.4, -0.2) is 49.1 Å². The van der Waals surface area contributed by atoms with Crippen LogP contribution in [0.15, 0.2) is 53.6 Å². The minimum Gasteiger partial charge on any atom is -0.481 e. The van der Waals surface area contributed by atoms with Crippen LogP contribution in [0.4, 0.5) is 15.9 Å². The molecule has 0 saturated carbocycles. The Morgan fingerprint density at radius 2 is 2.02 bits per heavy atom. The molecule has 0 aliphatic heterocycles. The molecule has 2 atom stereocenters. The third-order valence-corrected chi connectivity index (χ3v) is 8.57. The average molecular weight is 632 g/mol. The molecule has 0 radical (unpaired) electrons. The number of hydrogen-bond donors (Lipinski definition) is 3. The van der Waals surface area contributed by atoms with Crippen LogP contribution < -0.4 is 16.2 Å². The first-order valence-corrected chi connectivity index (χ1v) is 15.2. The molecule has 1 amide bonds. The Kier molecular flexibility index (Phi) is 10.3. The van der Waals surface area contributed by atoms with E-state index in [0.717, 1.165) is 27.0 Å². The molecule has 0 fully saturated rings. The van der Waals surface area contributed by atoms with Crippen molar-refractivity contribution in [2.24, 2.45) is 0 Å². The summed E-state index contributed by atoms with van der Waals surface area (Å²) in [5.41, 5.74) is 1.01. The van der Waals surface area contributed by atoms with E-state index in [2.05, 4.69) is 20.6 Å². The Morgan fingerprint density at radius 3 is 2.74 bits per heavy atom. The molecule has 4 aromatic rings. The molecule has 0 aliphatic rings. The smallest absolute Gasteiger partial charge is 0.305 e. The number of aliphatic carboxylic acids is 1. The predicted molar refractivity (Wildman–Crippen MR) is 162 cm³/mol. The van der Waals surface area contributed by atoms with E-state index >= 15 is 0 Å². The summed E-state index contributed by atoms with van der Waals surface area (Å²) in [4.78, 5) is 59.6. The van der Waals surface area contributed by atoms with Gasteiger partial charge in [0.2, 0.25) is 5.91 Å². The van der Waals surface area contributed by atoms with Crippen molar-refractivity contribution < 1.29 is 23.9 Å². The van der Waals surface area contributed by atoms with Crippen LogP contribution in [0, 0.1) is 12.7 Å². The number of aromatic nitrogens is 3. The Bertz CT molecular complexity index is 1670. The van der Waals surface area contributed by atoms with Gasteiger partial charge in [-0.15, -0.1) is 23.1 Å². The van der Waals surface area contributed by atoms with Crippen molar-refractivity contribution in [3.8, 4) is 0 Å². The zero-order valence-corrected chi connectivity index (χ0v) is 25.0. The summed E-state index contributed by atoms with van der Waals surface area (Å²) < 4.78 is 16.2. The van der Waals surface area contributed by atoms with Crippen LogP contribution in [-0.2, 0) is 20.1 Å². The lowest BCUT2D eigenvalue weighted by molar-refractivity contribution is -0.140. The van der Waals surface area contributed by atoms with Gasteiger partial charge in [0.05, 0.1) is 33.4 Å². The van der Waals surface area contributed by atoms with Gasteiger partial charge in [-0.25, -0.2) is 14.4 Å². The summed E-state index contributed by atoms with van der Waals surface area (Å²) in [5.74, 6) is -3.18. The topological polar surface area (TPSA) is 143 Å². The van der Waals surface area contributed by atoms with Crippen LogP contribution in [0.3, 0.4) is 0 Å². The van der Waals surface area contributed by atoms with Crippen molar-refractivity contribution in [3.05, 3.63) is 80.6 Å². The minimum atomic E-state index is -1.35. The Morgan fingerprint density at radius 1 is 1.24 bits per heavy atom. The van der Waals surface area contributed by atoms with Gasteiger partial charge in [-0.1, -0.05) is 24.6 Å². The number of nitrogens with zero attached hydrogens (tertiary/aromatic N) is 3. The fourth-order valence-electron chi connectivity index (χ4n) is 4.23. The Hall–Kier alpha value is -3.81. The largest absolute Gasteiger partial charge is 0.481 e. The molecule has 0 bridgehead atoms. The lowest BCUT2D eigenvalue weighted by atomic mass is 10.1. The number of nitrogens with one attached hydrogen (secondary N) is 2. The van der Waals surface area contributed by atoms with Crippen molar-refractivity contribution in [1.82, 2.24) is 19.9 Å². The van der Waals surface area contributed by atoms with E-state index in [1.807, 2.05) is 13.0 Å². The lowest BCUT2D eigenvalue weighted by Crippen LogP contribution is -2.47. The molecule has 1 unspecified atom stereocenters. The van der Waals surface area contributed by atoms with Crippen molar-refractivity contribution in [1.29, 1.82) is 0 Å². The number of anilines is 2. The van der Waals surface area contributed by atoms with Gasteiger partial charge >= 0.3 is 5.97 Å². The number of thiazole rings is 1. The summed E-state index contributed by atoms with van der Waals surface area (Å²) in [6.07, 6.45) is 2.25. The molecule has 2 aromatic carbocycles. The van der Waals surface area contributed by atoms with Gasteiger partial charge in [-0.2, -0.15) is 0 Å². The highest BCUT2D eigenvalue weighted by Crippen LogP contribution is 2.26. The number of carboxylic acid groups (broad SMARTS) is 1. The molecule has 42 heavy (non-hydrogen) atoms. The molecular formula is C28H27ClFN5O5S2. The van der Waals surface area contributed by atoms with Crippen molar-refractivity contribution in [2.45, 2.75) is 44.5 Å². The summed E-state index contributed by atoms with van der Waals surface area (Å²) in [6, 6.07) is 7.33. The van der Waals surface area contributed by atoms with Crippen LogP contribution >= 0.6 is 34.7 Å². The quantitative estimate of drug-likeness (QED) is 0.183. The molecule has 14 heteroatoms. The van der Waals surface area contributed by atoms with Crippen LogP contribution in [0.5, 0.6) is 0 Å². The van der Waals surface area contributed by atoms with E-state index in [4.69, 9.17) is 11.6 Å². The van der Waals surface area contributed by atoms with E-state index in [9.17, 15) is 28.7 Å². The summed E-state index contributed by atoms with van der Waals surface area (Å²) in [7, 11) is 0. The number of fused-ring (bicyclic) bond motifs is 1.